The molecular weight excluding hydrogens is 228 g/mol. The molecule has 1 unspecified atom stereocenters. The summed E-state index contributed by atoms with van der Waals surface area (Å²) in [5.74, 6) is -1.10. The molecule has 96 valence electrons. The molecular formula is C11H17F2N3O. The third kappa shape index (κ3) is 3.63. The van der Waals surface area contributed by atoms with E-state index in [-0.39, 0.29) is 19.1 Å². The SMILES string of the molecule is CCCC(C#N)N1CCN(C(=O)C(F)F)CC1. The van der Waals surface area contributed by atoms with E-state index in [0.717, 1.165) is 12.8 Å². The predicted octanol–water partition coefficient (Wildman–Crippen LogP) is 1.09. The second-order valence-electron chi connectivity index (χ2n) is 4.10. The van der Waals surface area contributed by atoms with Gasteiger partial charge in [-0.2, -0.15) is 14.0 Å². The summed E-state index contributed by atoms with van der Waals surface area (Å²) >= 11 is 0. The molecule has 0 aliphatic carbocycles. The van der Waals surface area contributed by atoms with Crippen LogP contribution in [-0.2, 0) is 4.79 Å². The van der Waals surface area contributed by atoms with Crippen LogP contribution in [0.2, 0.25) is 0 Å². The van der Waals surface area contributed by atoms with Crippen LogP contribution in [0, 0.1) is 11.3 Å². The quantitative estimate of drug-likeness (QED) is 0.745. The Hall–Kier alpha value is -1.22. The zero-order valence-corrected chi connectivity index (χ0v) is 9.90. The summed E-state index contributed by atoms with van der Waals surface area (Å²) < 4.78 is 24.4. The van der Waals surface area contributed by atoms with Crippen molar-refractivity contribution in [1.82, 2.24) is 9.80 Å². The minimum absolute atomic E-state index is 0.163. The molecule has 0 saturated carbocycles. The largest absolute Gasteiger partial charge is 0.335 e. The summed E-state index contributed by atoms with van der Waals surface area (Å²) in [6, 6.07) is 2.05. The highest BCUT2D eigenvalue weighted by molar-refractivity contribution is 5.79. The van der Waals surface area contributed by atoms with Gasteiger partial charge < -0.3 is 4.90 Å². The highest BCUT2D eigenvalue weighted by atomic mass is 19.3. The maximum atomic E-state index is 12.2. The maximum Gasteiger partial charge on any atom is 0.315 e. The highest BCUT2D eigenvalue weighted by Crippen LogP contribution is 2.12. The van der Waals surface area contributed by atoms with Crippen LogP contribution in [0.15, 0.2) is 0 Å². The molecule has 1 aliphatic rings. The lowest BCUT2D eigenvalue weighted by Crippen LogP contribution is -2.52. The van der Waals surface area contributed by atoms with Crippen molar-refractivity contribution in [2.45, 2.75) is 32.2 Å². The first kappa shape index (κ1) is 13.8. The Morgan fingerprint density at radius 3 is 2.35 bits per heavy atom. The summed E-state index contributed by atoms with van der Waals surface area (Å²) in [6.45, 7) is 3.56. The van der Waals surface area contributed by atoms with Crippen LogP contribution in [0.4, 0.5) is 8.78 Å². The zero-order chi connectivity index (χ0) is 12.8. The number of hydrogen-bond donors (Lipinski definition) is 0. The maximum absolute atomic E-state index is 12.2. The number of hydrogen-bond acceptors (Lipinski definition) is 3. The molecule has 17 heavy (non-hydrogen) atoms. The molecule has 1 aliphatic heterocycles. The number of halogens is 2. The summed E-state index contributed by atoms with van der Waals surface area (Å²) in [4.78, 5) is 14.2. The van der Waals surface area contributed by atoms with E-state index in [0.29, 0.717) is 13.1 Å². The molecule has 0 radical (unpaired) electrons. The van der Waals surface area contributed by atoms with Crippen molar-refractivity contribution < 1.29 is 13.6 Å². The van der Waals surface area contributed by atoms with Crippen molar-refractivity contribution >= 4 is 5.91 Å². The zero-order valence-electron chi connectivity index (χ0n) is 9.90. The fourth-order valence-electron chi connectivity index (χ4n) is 1.99. The summed E-state index contributed by atoms with van der Waals surface area (Å²) in [7, 11) is 0. The van der Waals surface area contributed by atoms with Crippen molar-refractivity contribution in [3.63, 3.8) is 0 Å². The number of piperazine rings is 1. The van der Waals surface area contributed by atoms with Gasteiger partial charge >= 0.3 is 6.43 Å². The average molecular weight is 245 g/mol. The van der Waals surface area contributed by atoms with Gasteiger partial charge in [-0.25, -0.2) is 0 Å². The number of alkyl halides is 2. The molecule has 4 nitrogen and oxygen atoms in total. The summed E-state index contributed by atoms with van der Waals surface area (Å²) in [5, 5.41) is 8.98. The van der Waals surface area contributed by atoms with E-state index in [2.05, 4.69) is 6.07 Å². The van der Waals surface area contributed by atoms with Crippen LogP contribution >= 0.6 is 0 Å². The average Bonchev–Trinajstić information content (AvgIpc) is 2.35. The molecule has 1 saturated heterocycles. The number of amides is 1. The van der Waals surface area contributed by atoms with Gasteiger partial charge in [0.15, 0.2) is 0 Å². The van der Waals surface area contributed by atoms with Gasteiger partial charge in [-0.15, -0.1) is 0 Å². The van der Waals surface area contributed by atoms with Crippen LogP contribution in [0.5, 0.6) is 0 Å². The van der Waals surface area contributed by atoms with Crippen LogP contribution in [0.1, 0.15) is 19.8 Å². The van der Waals surface area contributed by atoms with Crippen LogP contribution in [0.3, 0.4) is 0 Å². The van der Waals surface area contributed by atoms with Gasteiger partial charge in [-0.3, -0.25) is 9.69 Å². The Labute approximate surface area is 99.8 Å². The van der Waals surface area contributed by atoms with Gasteiger partial charge in [0.2, 0.25) is 0 Å². The van der Waals surface area contributed by atoms with Gasteiger partial charge in [-0.1, -0.05) is 13.3 Å². The Morgan fingerprint density at radius 2 is 1.94 bits per heavy atom. The molecule has 0 bridgehead atoms. The molecule has 1 fully saturated rings. The van der Waals surface area contributed by atoms with E-state index in [1.54, 1.807) is 0 Å². The molecule has 0 aromatic rings. The molecule has 0 aromatic carbocycles. The van der Waals surface area contributed by atoms with Gasteiger partial charge in [0, 0.05) is 26.2 Å². The minimum Gasteiger partial charge on any atom is -0.335 e. The normalized spacial score (nSPS) is 19.1. The molecule has 1 rings (SSSR count). The van der Waals surface area contributed by atoms with E-state index in [1.807, 2.05) is 11.8 Å². The second kappa shape index (κ2) is 6.50. The molecule has 0 spiro atoms. The van der Waals surface area contributed by atoms with Gasteiger partial charge in [0.25, 0.3) is 5.91 Å². The van der Waals surface area contributed by atoms with Crippen LogP contribution in [-0.4, -0.2) is 54.4 Å². The fraction of sp³-hybridized carbons (Fsp3) is 0.818. The van der Waals surface area contributed by atoms with E-state index in [9.17, 15) is 13.6 Å². The third-order valence-corrected chi connectivity index (χ3v) is 2.96. The molecule has 1 atom stereocenters. The van der Waals surface area contributed by atoms with Crippen molar-refractivity contribution in [2.75, 3.05) is 26.2 Å². The molecule has 1 amide bonds. The second-order valence-corrected chi connectivity index (χ2v) is 4.10. The lowest BCUT2D eigenvalue weighted by Gasteiger charge is -2.36. The number of nitrogens with zero attached hydrogens (tertiary/aromatic N) is 3. The van der Waals surface area contributed by atoms with E-state index < -0.39 is 12.3 Å². The predicted molar refractivity (Wildman–Crippen MR) is 58.5 cm³/mol. The first-order valence-corrected chi connectivity index (χ1v) is 5.80. The first-order valence-electron chi connectivity index (χ1n) is 5.80. The van der Waals surface area contributed by atoms with E-state index in [1.165, 1.54) is 4.90 Å². The third-order valence-electron chi connectivity index (χ3n) is 2.96. The number of nitriles is 1. The smallest absolute Gasteiger partial charge is 0.315 e. The van der Waals surface area contributed by atoms with Crippen molar-refractivity contribution in [3.8, 4) is 6.07 Å². The fourth-order valence-corrected chi connectivity index (χ4v) is 1.99. The van der Waals surface area contributed by atoms with E-state index in [4.69, 9.17) is 5.26 Å². The topological polar surface area (TPSA) is 47.3 Å². The number of carbonyl (C=O) groups is 1. The van der Waals surface area contributed by atoms with E-state index >= 15 is 0 Å². The molecule has 0 N–H and O–H groups in total. The van der Waals surface area contributed by atoms with Gasteiger partial charge in [0.05, 0.1) is 12.1 Å². The van der Waals surface area contributed by atoms with Gasteiger partial charge in [0.1, 0.15) is 0 Å². The van der Waals surface area contributed by atoms with Crippen LogP contribution in [0.25, 0.3) is 0 Å². The minimum atomic E-state index is -2.93. The summed E-state index contributed by atoms with van der Waals surface area (Å²) in [6.07, 6.45) is -1.24. The first-order chi connectivity index (χ1) is 8.10. The Balaban J connectivity index is 2.45. The molecule has 6 heteroatoms. The lowest BCUT2D eigenvalue weighted by molar-refractivity contribution is -0.144. The molecule has 1 heterocycles. The lowest BCUT2D eigenvalue weighted by atomic mass is 10.1. The van der Waals surface area contributed by atoms with Crippen LogP contribution < -0.4 is 0 Å². The highest BCUT2D eigenvalue weighted by Gasteiger charge is 2.29. The Kier molecular flexibility index (Phi) is 5.29. The van der Waals surface area contributed by atoms with Crippen molar-refractivity contribution in [1.29, 1.82) is 5.26 Å². The summed E-state index contributed by atoms with van der Waals surface area (Å²) in [5.41, 5.74) is 0. The monoisotopic (exact) mass is 245 g/mol. The van der Waals surface area contributed by atoms with Gasteiger partial charge in [-0.05, 0) is 6.42 Å². The standard InChI is InChI=1S/C11H17F2N3O/c1-2-3-9(8-14)15-4-6-16(7-5-15)11(17)10(12)13/h9-10H,2-7H2,1H3. The Bertz CT molecular complexity index is 296. The number of rotatable bonds is 4. The molecule has 0 aromatic heterocycles. The van der Waals surface area contributed by atoms with Crippen molar-refractivity contribution in [3.05, 3.63) is 0 Å². The Morgan fingerprint density at radius 1 is 1.35 bits per heavy atom. The van der Waals surface area contributed by atoms with Crippen molar-refractivity contribution in [2.24, 2.45) is 0 Å². The number of carbonyl (C=O) groups excluding carboxylic acids is 1.